The molecule has 1 amide bonds. The topological polar surface area (TPSA) is 86.5 Å². The molecule has 9 heteroatoms. The lowest BCUT2D eigenvalue weighted by Crippen LogP contribution is -2.42. The average Bonchev–Trinajstić information content (AvgIpc) is 2.69. The van der Waals surface area contributed by atoms with Crippen molar-refractivity contribution in [3.8, 4) is 11.8 Å². The van der Waals surface area contributed by atoms with Crippen LogP contribution in [0, 0.1) is 5.92 Å². The molecule has 3 heterocycles. The molecule has 0 bridgehead atoms. The molecule has 1 aliphatic heterocycles. The minimum atomic E-state index is -0.220. The number of carbonyl (C=O) groups excluding carboxylic acids is 1. The van der Waals surface area contributed by atoms with Crippen LogP contribution in [-0.2, 0) is 7.05 Å². The number of nitrogens with zero attached hydrogens (tertiary/aromatic N) is 4. The molecule has 8 nitrogen and oxygen atoms in total. The van der Waals surface area contributed by atoms with Crippen LogP contribution in [0.3, 0.4) is 0 Å². The Morgan fingerprint density at radius 3 is 2.81 bits per heavy atom. The fourth-order valence-electron chi connectivity index (χ4n) is 3.07. The Labute approximate surface area is 165 Å². The molecular formula is C18H21BrN4O4. The lowest BCUT2D eigenvalue weighted by molar-refractivity contribution is 0.0624. The van der Waals surface area contributed by atoms with Crippen LogP contribution in [0.5, 0.6) is 11.8 Å². The second-order valence-electron chi connectivity index (χ2n) is 6.46. The zero-order valence-corrected chi connectivity index (χ0v) is 16.8. The minimum absolute atomic E-state index is 0.146. The van der Waals surface area contributed by atoms with E-state index in [0.29, 0.717) is 37.0 Å². The molecule has 144 valence electrons. The molecule has 0 spiro atoms. The summed E-state index contributed by atoms with van der Waals surface area (Å²) >= 11 is 3.28. The maximum absolute atomic E-state index is 13.0. The van der Waals surface area contributed by atoms with Crippen molar-refractivity contribution in [2.75, 3.05) is 26.8 Å². The molecule has 1 saturated heterocycles. The van der Waals surface area contributed by atoms with Crippen LogP contribution in [0.1, 0.15) is 23.2 Å². The van der Waals surface area contributed by atoms with Gasteiger partial charge in [-0.2, -0.15) is 0 Å². The van der Waals surface area contributed by atoms with Gasteiger partial charge in [-0.25, -0.2) is 9.97 Å². The summed E-state index contributed by atoms with van der Waals surface area (Å²) in [6, 6.07) is 1.66. The lowest BCUT2D eigenvalue weighted by Gasteiger charge is -2.32. The van der Waals surface area contributed by atoms with Crippen LogP contribution >= 0.6 is 15.9 Å². The second kappa shape index (κ2) is 8.51. The number of ether oxygens (including phenoxy) is 2. The van der Waals surface area contributed by atoms with E-state index in [1.165, 1.54) is 23.9 Å². The number of piperidine rings is 1. The number of hydrogen-bond donors (Lipinski definition) is 0. The van der Waals surface area contributed by atoms with E-state index in [1.54, 1.807) is 24.3 Å². The number of pyridine rings is 1. The molecule has 1 aliphatic rings. The van der Waals surface area contributed by atoms with Gasteiger partial charge in [0.2, 0.25) is 0 Å². The van der Waals surface area contributed by atoms with E-state index in [2.05, 4.69) is 25.9 Å². The average molecular weight is 437 g/mol. The summed E-state index contributed by atoms with van der Waals surface area (Å²) in [6.45, 7) is 1.67. The quantitative estimate of drug-likeness (QED) is 0.710. The van der Waals surface area contributed by atoms with Gasteiger partial charge in [-0.3, -0.25) is 9.59 Å². The monoisotopic (exact) mass is 436 g/mol. The summed E-state index contributed by atoms with van der Waals surface area (Å²) in [5.41, 5.74) is 0.167. The van der Waals surface area contributed by atoms with Gasteiger partial charge in [0.05, 0.1) is 23.8 Å². The Kier molecular flexibility index (Phi) is 6.10. The molecule has 2 aromatic heterocycles. The number of aromatic nitrogens is 3. The highest BCUT2D eigenvalue weighted by molar-refractivity contribution is 9.10. The molecule has 1 atom stereocenters. The van der Waals surface area contributed by atoms with Crippen LogP contribution in [-0.4, -0.2) is 52.1 Å². The van der Waals surface area contributed by atoms with Gasteiger partial charge in [0.25, 0.3) is 11.5 Å². The number of amides is 1. The number of methoxy groups -OCH3 is 1. The predicted molar refractivity (Wildman–Crippen MR) is 102 cm³/mol. The number of aryl methyl sites for hydroxylation is 1. The highest BCUT2D eigenvalue weighted by Gasteiger charge is 2.27. The van der Waals surface area contributed by atoms with E-state index in [1.807, 2.05) is 0 Å². The minimum Gasteiger partial charge on any atom is -0.496 e. The van der Waals surface area contributed by atoms with Crippen molar-refractivity contribution < 1.29 is 14.3 Å². The third kappa shape index (κ3) is 4.65. The first-order valence-corrected chi connectivity index (χ1v) is 9.41. The summed E-state index contributed by atoms with van der Waals surface area (Å²) in [6.07, 6.45) is 6.63. The van der Waals surface area contributed by atoms with Crippen molar-refractivity contribution >= 4 is 21.8 Å². The van der Waals surface area contributed by atoms with E-state index in [9.17, 15) is 9.59 Å². The summed E-state index contributed by atoms with van der Waals surface area (Å²) in [7, 11) is 3.07. The van der Waals surface area contributed by atoms with Gasteiger partial charge in [0.15, 0.2) is 0 Å². The zero-order valence-electron chi connectivity index (χ0n) is 15.2. The van der Waals surface area contributed by atoms with Gasteiger partial charge < -0.3 is 18.9 Å². The number of likely N-dealkylation sites (tertiary alicyclic amines) is 1. The highest BCUT2D eigenvalue weighted by atomic mass is 79.9. The predicted octanol–water partition coefficient (Wildman–Crippen LogP) is 1.88. The van der Waals surface area contributed by atoms with Crippen LogP contribution in [0.2, 0.25) is 0 Å². The Balaban J connectivity index is 1.67. The Hall–Kier alpha value is -2.42. The van der Waals surface area contributed by atoms with Crippen molar-refractivity contribution in [1.29, 1.82) is 0 Å². The van der Waals surface area contributed by atoms with Crippen molar-refractivity contribution in [3.63, 3.8) is 0 Å². The van der Waals surface area contributed by atoms with Crippen molar-refractivity contribution in [2.45, 2.75) is 12.8 Å². The molecule has 1 unspecified atom stereocenters. The molecule has 3 rings (SSSR count). The molecule has 27 heavy (non-hydrogen) atoms. The fraction of sp³-hybridized carbons (Fsp3) is 0.444. The maximum atomic E-state index is 13.0. The molecular weight excluding hydrogens is 416 g/mol. The first kappa shape index (κ1) is 19.3. The third-order valence-corrected chi connectivity index (χ3v) is 4.90. The van der Waals surface area contributed by atoms with E-state index < -0.39 is 0 Å². The zero-order chi connectivity index (χ0) is 19.4. The Morgan fingerprint density at radius 1 is 1.37 bits per heavy atom. The molecule has 0 aromatic carbocycles. The van der Waals surface area contributed by atoms with Crippen LogP contribution < -0.4 is 15.0 Å². The summed E-state index contributed by atoms with van der Waals surface area (Å²) in [5.74, 6) is 0.338. The van der Waals surface area contributed by atoms with E-state index in [0.717, 1.165) is 17.3 Å². The fourth-order valence-corrected chi connectivity index (χ4v) is 3.27. The summed E-state index contributed by atoms with van der Waals surface area (Å²) < 4.78 is 13.1. The standard InChI is InChI=1S/C18H21BrN4O4/c1-22-10-14(15(26-2)6-16(22)24)17(25)23-5-3-4-12(9-23)11-27-18-20-7-13(19)8-21-18/h6-8,10,12H,3-5,9,11H2,1-2H3. The first-order chi connectivity index (χ1) is 13.0. The van der Waals surface area contributed by atoms with Crippen LogP contribution in [0.4, 0.5) is 0 Å². The van der Waals surface area contributed by atoms with Crippen molar-refractivity contribution in [1.82, 2.24) is 19.4 Å². The van der Waals surface area contributed by atoms with Crippen LogP contribution in [0.25, 0.3) is 0 Å². The molecule has 0 saturated carbocycles. The summed E-state index contributed by atoms with van der Waals surface area (Å²) in [5, 5.41) is 0. The summed E-state index contributed by atoms with van der Waals surface area (Å²) in [4.78, 5) is 34.7. The van der Waals surface area contributed by atoms with Gasteiger partial charge in [0.1, 0.15) is 5.75 Å². The van der Waals surface area contributed by atoms with E-state index in [4.69, 9.17) is 9.47 Å². The van der Waals surface area contributed by atoms with Crippen molar-refractivity contribution in [3.05, 3.63) is 45.0 Å². The van der Waals surface area contributed by atoms with Crippen LogP contribution in [0.15, 0.2) is 33.9 Å². The SMILES string of the molecule is COc1cc(=O)n(C)cc1C(=O)N1CCCC(COc2ncc(Br)cn2)C1. The third-order valence-electron chi connectivity index (χ3n) is 4.49. The first-order valence-electron chi connectivity index (χ1n) is 8.62. The molecule has 0 aliphatic carbocycles. The molecule has 1 fully saturated rings. The number of hydrogen-bond acceptors (Lipinski definition) is 6. The Morgan fingerprint density at radius 2 is 2.11 bits per heavy atom. The second-order valence-corrected chi connectivity index (χ2v) is 7.37. The van der Waals surface area contributed by atoms with E-state index in [-0.39, 0.29) is 17.4 Å². The number of carbonyl (C=O) groups is 1. The smallest absolute Gasteiger partial charge is 0.316 e. The van der Waals surface area contributed by atoms with Gasteiger partial charge in [-0.1, -0.05) is 0 Å². The van der Waals surface area contributed by atoms with Gasteiger partial charge in [-0.15, -0.1) is 0 Å². The van der Waals surface area contributed by atoms with Crippen molar-refractivity contribution in [2.24, 2.45) is 13.0 Å². The highest BCUT2D eigenvalue weighted by Crippen LogP contribution is 2.23. The normalized spacial score (nSPS) is 16.9. The maximum Gasteiger partial charge on any atom is 0.316 e. The Bertz CT molecular complexity index is 869. The molecule has 0 N–H and O–H groups in total. The van der Waals surface area contributed by atoms with Gasteiger partial charge in [-0.05, 0) is 28.8 Å². The molecule has 2 aromatic rings. The largest absolute Gasteiger partial charge is 0.496 e. The van der Waals surface area contributed by atoms with Gasteiger partial charge in [0, 0.05) is 50.7 Å². The van der Waals surface area contributed by atoms with E-state index >= 15 is 0 Å². The van der Waals surface area contributed by atoms with Gasteiger partial charge >= 0.3 is 6.01 Å². The number of rotatable bonds is 5. The molecule has 0 radical (unpaired) electrons. The number of halogens is 1. The lowest BCUT2D eigenvalue weighted by atomic mass is 9.98.